The first-order valence-electron chi connectivity index (χ1n) is 8.89. The zero-order valence-corrected chi connectivity index (χ0v) is 14.5. The number of nitrogens with one attached hydrogen (secondary N) is 2. The van der Waals surface area contributed by atoms with Crippen molar-refractivity contribution in [3.05, 3.63) is 54.4 Å². The smallest absolute Gasteiger partial charge is 0.315 e. The van der Waals surface area contributed by atoms with Crippen LogP contribution in [-0.4, -0.2) is 28.3 Å². The zero-order chi connectivity index (χ0) is 17.6. The summed E-state index contributed by atoms with van der Waals surface area (Å²) in [6.07, 6.45) is 6.83. The highest BCUT2D eigenvalue weighted by atomic mass is 16.3. The monoisotopic (exact) mass is 339 g/mol. The number of aromatic nitrogens is 1. The SMILES string of the molecule is CC(NC(=O)NC1CCCCC1O)c1ccc(-c2cccnc2)cc1. The Balaban J connectivity index is 1.57. The lowest BCUT2D eigenvalue weighted by Crippen LogP contribution is -2.49. The van der Waals surface area contributed by atoms with Gasteiger partial charge in [0.25, 0.3) is 0 Å². The molecule has 5 heteroatoms. The molecule has 0 radical (unpaired) electrons. The van der Waals surface area contributed by atoms with Crippen molar-refractivity contribution < 1.29 is 9.90 Å². The molecule has 2 amide bonds. The Labute approximate surface area is 148 Å². The van der Waals surface area contributed by atoms with E-state index in [9.17, 15) is 9.90 Å². The number of pyridine rings is 1. The standard InChI is InChI=1S/C20H25N3O2/c1-14(22-20(25)23-18-6-2-3-7-19(18)24)15-8-10-16(11-9-15)17-5-4-12-21-13-17/h4-5,8-14,18-19,24H,2-3,6-7H2,1H3,(H2,22,23,25). The Morgan fingerprint density at radius 1 is 1.16 bits per heavy atom. The summed E-state index contributed by atoms with van der Waals surface area (Å²) in [4.78, 5) is 16.3. The minimum Gasteiger partial charge on any atom is -0.391 e. The van der Waals surface area contributed by atoms with E-state index in [0.29, 0.717) is 0 Å². The van der Waals surface area contributed by atoms with Gasteiger partial charge in [-0.05, 0) is 42.5 Å². The number of amides is 2. The molecule has 1 heterocycles. The molecule has 132 valence electrons. The molecule has 3 rings (SSSR count). The Morgan fingerprint density at radius 3 is 2.60 bits per heavy atom. The largest absolute Gasteiger partial charge is 0.391 e. The molecule has 1 fully saturated rings. The van der Waals surface area contributed by atoms with Crippen LogP contribution in [0.25, 0.3) is 11.1 Å². The van der Waals surface area contributed by atoms with Crippen LogP contribution < -0.4 is 10.6 Å². The van der Waals surface area contributed by atoms with E-state index in [1.807, 2.05) is 49.5 Å². The van der Waals surface area contributed by atoms with Crippen molar-refractivity contribution in [2.24, 2.45) is 0 Å². The van der Waals surface area contributed by atoms with Gasteiger partial charge in [-0.2, -0.15) is 0 Å². The number of aliphatic hydroxyl groups excluding tert-OH is 1. The van der Waals surface area contributed by atoms with Crippen LogP contribution in [0.4, 0.5) is 4.79 Å². The predicted molar refractivity (Wildman–Crippen MR) is 98.0 cm³/mol. The molecule has 0 saturated heterocycles. The average molecular weight is 339 g/mol. The van der Waals surface area contributed by atoms with E-state index in [1.165, 1.54) is 0 Å². The minimum absolute atomic E-state index is 0.108. The Kier molecular flexibility index (Phi) is 5.66. The van der Waals surface area contributed by atoms with Gasteiger partial charge >= 0.3 is 6.03 Å². The van der Waals surface area contributed by atoms with E-state index < -0.39 is 6.10 Å². The maximum absolute atomic E-state index is 12.2. The first-order valence-corrected chi connectivity index (χ1v) is 8.89. The zero-order valence-electron chi connectivity index (χ0n) is 14.5. The lowest BCUT2D eigenvalue weighted by atomic mass is 9.93. The molecule has 5 nitrogen and oxygen atoms in total. The molecule has 25 heavy (non-hydrogen) atoms. The second-order valence-corrected chi connectivity index (χ2v) is 6.66. The summed E-state index contributed by atoms with van der Waals surface area (Å²) < 4.78 is 0. The highest BCUT2D eigenvalue weighted by molar-refractivity contribution is 5.75. The van der Waals surface area contributed by atoms with Gasteiger partial charge in [0.1, 0.15) is 0 Å². The van der Waals surface area contributed by atoms with Gasteiger partial charge in [-0.15, -0.1) is 0 Å². The number of carbonyl (C=O) groups is 1. The van der Waals surface area contributed by atoms with Crippen LogP contribution >= 0.6 is 0 Å². The van der Waals surface area contributed by atoms with Crippen LogP contribution in [-0.2, 0) is 0 Å². The fourth-order valence-corrected chi connectivity index (χ4v) is 3.27. The van der Waals surface area contributed by atoms with Gasteiger partial charge in [-0.25, -0.2) is 4.79 Å². The molecular formula is C20H25N3O2. The number of aliphatic hydroxyl groups is 1. The van der Waals surface area contributed by atoms with E-state index in [2.05, 4.69) is 15.6 Å². The highest BCUT2D eigenvalue weighted by Gasteiger charge is 2.24. The summed E-state index contributed by atoms with van der Waals surface area (Å²) in [6.45, 7) is 1.95. The quantitative estimate of drug-likeness (QED) is 0.799. The Morgan fingerprint density at radius 2 is 1.92 bits per heavy atom. The van der Waals surface area contributed by atoms with E-state index in [-0.39, 0.29) is 18.1 Å². The van der Waals surface area contributed by atoms with Crippen molar-refractivity contribution >= 4 is 6.03 Å². The second-order valence-electron chi connectivity index (χ2n) is 6.66. The van der Waals surface area contributed by atoms with Crippen molar-refractivity contribution in [2.45, 2.75) is 50.8 Å². The molecule has 1 aromatic carbocycles. The summed E-state index contributed by atoms with van der Waals surface area (Å²) in [5.74, 6) is 0. The number of benzene rings is 1. The van der Waals surface area contributed by atoms with Crippen LogP contribution in [0.2, 0.25) is 0 Å². The lowest BCUT2D eigenvalue weighted by Gasteiger charge is -2.29. The molecular weight excluding hydrogens is 314 g/mol. The third-order valence-electron chi connectivity index (χ3n) is 4.80. The fourth-order valence-electron chi connectivity index (χ4n) is 3.27. The van der Waals surface area contributed by atoms with Gasteiger partial charge in [-0.1, -0.05) is 43.2 Å². The fraction of sp³-hybridized carbons (Fsp3) is 0.400. The average Bonchev–Trinajstić information content (AvgIpc) is 2.64. The van der Waals surface area contributed by atoms with Gasteiger partial charge < -0.3 is 15.7 Å². The van der Waals surface area contributed by atoms with E-state index in [0.717, 1.165) is 42.4 Å². The van der Waals surface area contributed by atoms with Crippen LogP contribution in [0.1, 0.15) is 44.2 Å². The summed E-state index contributed by atoms with van der Waals surface area (Å²) in [6, 6.07) is 11.6. The molecule has 1 saturated carbocycles. The summed E-state index contributed by atoms with van der Waals surface area (Å²) in [7, 11) is 0. The predicted octanol–water partition coefficient (Wildman–Crippen LogP) is 3.41. The van der Waals surface area contributed by atoms with Gasteiger partial charge in [0.05, 0.1) is 18.2 Å². The van der Waals surface area contributed by atoms with E-state index in [4.69, 9.17) is 0 Å². The van der Waals surface area contributed by atoms with Crippen molar-refractivity contribution in [3.8, 4) is 11.1 Å². The number of hydrogen-bond acceptors (Lipinski definition) is 3. The molecule has 0 bridgehead atoms. The van der Waals surface area contributed by atoms with Gasteiger partial charge in [0, 0.05) is 12.4 Å². The first-order chi connectivity index (χ1) is 12.1. The van der Waals surface area contributed by atoms with Crippen LogP contribution in [0.3, 0.4) is 0 Å². The molecule has 0 spiro atoms. The van der Waals surface area contributed by atoms with Crippen molar-refractivity contribution in [1.82, 2.24) is 15.6 Å². The van der Waals surface area contributed by atoms with Crippen LogP contribution in [0, 0.1) is 0 Å². The topological polar surface area (TPSA) is 74.2 Å². The number of hydrogen-bond donors (Lipinski definition) is 3. The van der Waals surface area contributed by atoms with Crippen molar-refractivity contribution in [1.29, 1.82) is 0 Å². The molecule has 1 aliphatic rings. The van der Waals surface area contributed by atoms with Crippen molar-refractivity contribution in [2.75, 3.05) is 0 Å². The lowest BCUT2D eigenvalue weighted by molar-refractivity contribution is 0.0941. The normalized spacial score (nSPS) is 21.4. The summed E-state index contributed by atoms with van der Waals surface area (Å²) in [5, 5.41) is 15.8. The van der Waals surface area contributed by atoms with Crippen LogP contribution in [0.5, 0.6) is 0 Å². The van der Waals surface area contributed by atoms with E-state index >= 15 is 0 Å². The molecule has 1 aliphatic carbocycles. The van der Waals surface area contributed by atoms with Gasteiger partial charge in [0.15, 0.2) is 0 Å². The number of urea groups is 1. The second kappa shape index (κ2) is 8.12. The van der Waals surface area contributed by atoms with Crippen LogP contribution in [0.15, 0.2) is 48.8 Å². The summed E-state index contributed by atoms with van der Waals surface area (Å²) in [5.41, 5.74) is 3.20. The van der Waals surface area contributed by atoms with E-state index in [1.54, 1.807) is 6.20 Å². The van der Waals surface area contributed by atoms with Crippen molar-refractivity contribution in [3.63, 3.8) is 0 Å². The number of carbonyl (C=O) groups excluding carboxylic acids is 1. The number of nitrogens with zero attached hydrogens (tertiary/aromatic N) is 1. The first kappa shape index (κ1) is 17.4. The third kappa shape index (κ3) is 4.57. The summed E-state index contributed by atoms with van der Waals surface area (Å²) >= 11 is 0. The molecule has 1 aromatic heterocycles. The van der Waals surface area contributed by atoms with Gasteiger partial charge in [-0.3, -0.25) is 4.98 Å². The maximum atomic E-state index is 12.2. The maximum Gasteiger partial charge on any atom is 0.315 e. The van der Waals surface area contributed by atoms with Gasteiger partial charge in [0.2, 0.25) is 0 Å². The molecule has 0 aliphatic heterocycles. The third-order valence-corrected chi connectivity index (χ3v) is 4.80. The molecule has 3 N–H and O–H groups in total. The Hall–Kier alpha value is -2.40. The highest BCUT2D eigenvalue weighted by Crippen LogP contribution is 2.21. The molecule has 2 aromatic rings. The Bertz CT molecular complexity index is 688. The molecule has 3 unspecified atom stereocenters. The number of rotatable bonds is 4. The molecule has 3 atom stereocenters. The minimum atomic E-state index is -0.437.